The molecule has 1 aromatic heterocycles. The van der Waals surface area contributed by atoms with E-state index in [4.69, 9.17) is 0 Å². The fraction of sp³-hybridized carbons (Fsp3) is 0.615. The second-order valence-corrected chi connectivity index (χ2v) is 5.55. The van der Waals surface area contributed by atoms with Crippen LogP contribution in [-0.2, 0) is 4.79 Å². The Morgan fingerprint density at radius 2 is 2.35 bits per heavy atom. The zero-order valence-electron chi connectivity index (χ0n) is 10.6. The molecule has 1 saturated heterocycles. The summed E-state index contributed by atoms with van der Waals surface area (Å²) in [6, 6.07) is 2.38. The Hall–Kier alpha value is -0.870. The molecule has 0 saturated carbocycles. The number of nitrogens with one attached hydrogen (secondary N) is 1. The molecule has 0 aromatic carbocycles. The minimum absolute atomic E-state index is 0.0674. The van der Waals surface area contributed by atoms with Gasteiger partial charge in [0, 0.05) is 6.04 Å². The third-order valence-electron chi connectivity index (χ3n) is 3.78. The van der Waals surface area contributed by atoms with E-state index in [1.165, 1.54) is 5.56 Å². The van der Waals surface area contributed by atoms with Crippen molar-refractivity contribution >= 4 is 17.2 Å². The average Bonchev–Trinajstić information content (AvgIpc) is 2.95. The molecule has 2 heterocycles. The van der Waals surface area contributed by atoms with Gasteiger partial charge in [-0.3, -0.25) is 10.1 Å². The third kappa shape index (κ3) is 2.38. The number of hydrogen-bond donors (Lipinski definition) is 1. The Labute approximate surface area is 107 Å². The molecule has 1 fully saturated rings. The van der Waals surface area contributed by atoms with Gasteiger partial charge in [0.2, 0.25) is 5.91 Å². The maximum Gasteiger partial charge on any atom is 0.238 e. The van der Waals surface area contributed by atoms with Crippen molar-refractivity contribution in [2.45, 2.75) is 39.4 Å². The molecule has 1 N–H and O–H groups in total. The van der Waals surface area contributed by atoms with Gasteiger partial charge < -0.3 is 4.90 Å². The molecule has 17 heavy (non-hydrogen) atoms. The van der Waals surface area contributed by atoms with Crippen LogP contribution in [0.25, 0.3) is 0 Å². The number of carbonyl (C=O) groups excluding carboxylic acids is 1. The van der Waals surface area contributed by atoms with E-state index in [-0.39, 0.29) is 18.1 Å². The zero-order valence-corrected chi connectivity index (χ0v) is 11.5. The largest absolute Gasteiger partial charge is 0.319 e. The van der Waals surface area contributed by atoms with E-state index < -0.39 is 0 Å². The van der Waals surface area contributed by atoms with Gasteiger partial charge >= 0.3 is 0 Å². The smallest absolute Gasteiger partial charge is 0.238 e. The van der Waals surface area contributed by atoms with Crippen molar-refractivity contribution < 1.29 is 4.79 Å². The fourth-order valence-electron chi connectivity index (χ4n) is 2.30. The number of carbonyl (C=O) groups is 1. The second kappa shape index (κ2) is 5.19. The Kier molecular flexibility index (Phi) is 3.84. The van der Waals surface area contributed by atoms with Crippen molar-refractivity contribution in [1.29, 1.82) is 0 Å². The molecule has 1 aliphatic rings. The third-order valence-corrected chi connectivity index (χ3v) is 4.48. The summed E-state index contributed by atoms with van der Waals surface area (Å²) in [5, 5.41) is 7.48. The lowest BCUT2D eigenvalue weighted by molar-refractivity contribution is -0.131. The van der Waals surface area contributed by atoms with Crippen LogP contribution in [0.5, 0.6) is 0 Å². The van der Waals surface area contributed by atoms with Crippen molar-refractivity contribution in [2.75, 3.05) is 6.54 Å². The van der Waals surface area contributed by atoms with Crippen molar-refractivity contribution in [1.82, 2.24) is 10.2 Å². The first-order valence-corrected chi connectivity index (χ1v) is 7.16. The first-order chi connectivity index (χ1) is 8.15. The summed E-state index contributed by atoms with van der Waals surface area (Å²) < 4.78 is 0. The monoisotopic (exact) mass is 252 g/mol. The fourth-order valence-corrected chi connectivity index (χ4v) is 2.98. The highest BCUT2D eigenvalue weighted by Gasteiger charge is 2.36. The predicted octanol–water partition coefficient (Wildman–Crippen LogP) is 2.61. The van der Waals surface area contributed by atoms with E-state index >= 15 is 0 Å². The Balaban J connectivity index is 2.20. The van der Waals surface area contributed by atoms with E-state index in [0.717, 1.165) is 6.42 Å². The maximum absolute atomic E-state index is 12.0. The molecule has 3 atom stereocenters. The van der Waals surface area contributed by atoms with Gasteiger partial charge in [-0.2, -0.15) is 11.3 Å². The minimum Gasteiger partial charge on any atom is -0.319 e. The van der Waals surface area contributed by atoms with E-state index in [1.54, 1.807) is 11.3 Å². The summed E-state index contributed by atoms with van der Waals surface area (Å²) in [6.45, 7) is 7.00. The molecule has 0 aliphatic carbocycles. The topological polar surface area (TPSA) is 32.3 Å². The standard InChI is InChI=1S/C13H20N2OS/c1-4-9(2)10(3)15-12(16)7-14-13(15)11-5-6-17-8-11/h5-6,8-10,13-14H,4,7H2,1-3H3. The Morgan fingerprint density at radius 3 is 2.94 bits per heavy atom. The van der Waals surface area contributed by atoms with Gasteiger partial charge in [-0.05, 0) is 35.2 Å². The molecular formula is C13H20N2OS. The van der Waals surface area contributed by atoms with Crippen LogP contribution in [0.15, 0.2) is 16.8 Å². The summed E-state index contributed by atoms with van der Waals surface area (Å²) in [5.41, 5.74) is 1.20. The highest BCUT2D eigenvalue weighted by molar-refractivity contribution is 7.07. The molecule has 0 spiro atoms. The summed E-state index contributed by atoms with van der Waals surface area (Å²) in [6.07, 6.45) is 1.17. The van der Waals surface area contributed by atoms with E-state index in [9.17, 15) is 4.79 Å². The van der Waals surface area contributed by atoms with Gasteiger partial charge in [-0.25, -0.2) is 0 Å². The molecule has 3 nitrogen and oxygen atoms in total. The summed E-state index contributed by atoms with van der Waals surface area (Å²) in [4.78, 5) is 14.0. The first-order valence-electron chi connectivity index (χ1n) is 6.21. The summed E-state index contributed by atoms with van der Waals surface area (Å²) in [5.74, 6) is 0.744. The van der Waals surface area contributed by atoms with Crippen LogP contribution >= 0.6 is 11.3 Å². The van der Waals surface area contributed by atoms with Gasteiger partial charge in [0.25, 0.3) is 0 Å². The van der Waals surface area contributed by atoms with Crippen LogP contribution in [0.3, 0.4) is 0 Å². The van der Waals surface area contributed by atoms with Gasteiger partial charge in [-0.15, -0.1) is 0 Å². The van der Waals surface area contributed by atoms with Gasteiger partial charge in [0.15, 0.2) is 0 Å². The zero-order chi connectivity index (χ0) is 12.4. The molecule has 94 valence electrons. The lowest BCUT2D eigenvalue weighted by atomic mass is 9.98. The van der Waals surface area contributed by atoms with E-state index in [0.29, 0.717) is 12.5 Å². The van der Waals surface area contributed by atoms with Crippen LogP contribution in [0.2, 0.25) is 0 Å². The van der Waals surface area contributed by atoms with Crippen LogP contribution in [-0.4, -0.2) is 23.4 Å². The minimum atomic E-state index is 0.0674. The van der Waals surface area contributed by atoms with Gasteiger partial charge in [0.1, 0.15) is 6.17 Å². The normalized spacial score (nSPS) is 24.1. The van der Waals surface area contributed by atoms with E-state index in [2.05, 4.69) is 42.9 Å². The Bertz CT molecular complexity index is 377. The number of rotatable bonds is 4. The van der Waals surface area contributed by atoms with Crippen molar-refractivity contribution in [3.05, 3.63) is 22.4 Å². The lowest BCUT2D eigenvalue weighted by Gasteiger charge is -2.33. The number of nitrogens with zero attached hydrogens (tertiary/aromatic N) is 1. The molecular weight excluding hydrogens is 232 g/mol. The number of thiophene rings is 1. The molecule has 1 aliphatic heterocycles. The van der Waals surface area contributed by atoms with Crippen molar-refractivity contribution in [2.24, 2.45) is 5.92 Å². The molecule has 2 rings (SSSR count). The molecule has 3 unspecified atom stereocenters. The maximum atomic E-state index is 12.0. The van der Waals surface area contributed by atoms with Crippen LogP contribution in [0.1, 0.15) is 38.9 Å². The quantitative estimate of drug-likeness (QED) is 0.893. The average molecular weight is 252 g/mol. The van der Waals surface area contributed by atoms with Crippen molar-refractivity contribution in [3.63, 3.8) is 0 Å². The summed E-state index contributed by atoms with van der Waals surface area (Å²) >= 11 is 1.68. The SMILES string of the molecule is CCC(C)C(C)N1C(=O)CNC1c1ccsc1. The molecule has 0 radical (unpaired) electrons. The summed E-state index contributed by atoms with van der Waals surface area (Å²) in [7, 11) is 0. The predicted molar refractivity (Wildman–Crippen MR) is 70.8 cm³/mol. The van der Waals surface area contributed by atoms with E-state index in [1.807, 2.05) is 4.90 Å². The molecule has 0 bridgehead atoms. The highest BCUT2D eigenvalue weighted by Crippen LogP contribution is 2.29. The number of amides is 1. The highest BCUT2D eigenvalue weighted by atomic mass is 32.1. The second-order valence-electron chi connectivity index (χ2n) is 4.77. The molecule has 1 aromatic rings. The van der Waals surface area contributed by atoms with Crippen LogP contribution in [0.4, 0.5) is 0 Å². The lowest BCUT2D eigenvalue weighted by Crippen LogP contribution is -2.41. The van der Waals surface area contributed by atoms with Crippen LogP contribution in [0, 0.1) is 5.92 Å². The molecule has 1 amide bonds. The molecule has 4 heteroatoms. The first kappa shape index (κ1) is 12.6. The van der Waals surface area contributed by atoms with Gasteiger partial charge in [0.05, 0.1) is 6.54 Å². The Morgan fingerprint density at radius 1 is 1.59 bits per heavy atom. The van der Waals surface area contributed by atoms with Gasteiger partial charge in [-0.1, -0.05) is 20.3 Å². The van der Waals surface area contributed by atoms with Crippen LogP contribution < -0.4 is 5.32 Å². The number of hydrogen-bond acceptors (Lipinski definition) is 3. The van der Waals surface area contributed by atoms with Crippen molar-refractivity contribution in [3.8, 4) is 0 Å².